The van der Waals surface area contributed by atoms with E-state index in [-0.39, 0.29) is 47.2 Å². The number of nitrogens with one attached hydrogen (secondary N) is 1. The standard InChI is InChI=1S/C36H47N3O8S/c1-25-22-39(26(2)24-40)36(42)32-21-29(37-48(43,44)31-17-15-30(45-5)16-18-31)14-19-33(32)47-27(3)11-9-10-20-46-34(25)23-38(4)35(41)28-12-7-6-8-13-28/h6-8,12-19,21,25-27,34,37,40H,9-11,20,22-24H2,1-5H3/t25-,26+,27-,34-/m0/s1. The number of methoxy groups -OCH3 is 1. The lowest BCUT2D eigenvalue weighted by molar-refractivity contribution is -0.0149. The number of aliphatic hydroxyl groups excluding tert-OH is 1. The number of carbonyl (C=O) groups excluding carboxylic acids is 2. The zero-order valence-electron chi connectivity index (χ0n) is 28.3. The Morgan fingerprint density at radius 2 is 1.79 bits per heavy atom. The molecular weight excluding hydrogens is 634 g/mol. The number of aliphatic hydroxyl groups is 1. The molecule has 0 radical (unpaired) electrons. The molecule has 4 atom stereocenters. The summed E-state index contributed by atoms with van der Waals surface area (Å²) in [5.74, 6) is 0.0387. The van der Waals surface area contributed by atoms with Crippen LogP contribution < -0.4 is 14.2 Å². The van der Waals surface area contributed by atoms with Crippen LogP contribution in [0, 0.1) is 5.92 Å². The van der Waals surface area contributed by atoms with Gasteiger partial charge in [0.05, 0.1) is 42.4 Å². The Morgan fingerprint density at radius 1 is 1.08 bits per heavy atom. The summed E-state index contributed by atoms with van der Waals surface area (Å²) >= 11 is 0. The first-order chi connectivity index (χ1) is 22.9. The number of nitrogens with zero attached hydrogens (tertiary/aromatic N) is 2. The van der Waals surface area contributed by atoms with Crippen molar-refractivity contribution in [3.8, 4) is 11.5 Å². The van der Waals surface area contributed by atoms with Gasteiger partial charge in [-0.3, -0.25) is 14.3 Å². The van der Waals surface area contributed by atoms with Crippen molar-refractivity contribution in [3.63, 3.8) is 0 Å². The molecule has 48 heavy (non-hydrogen) atoms. The molecule has 1 aliphatic heterocycles. The Hall–Kier alpha value is -4.13. The van der Waals surface area contributed by atoms with Crippen molar-refractivity contribution in [1.82, 2.24) is 9.80 Å². The fourth-order valence-electron chi connectivity index (χ4n) is 5.57. The maximum atomic E-state index is 14.4. The van der Waals surface area contributed by atoms with Crippen molar-refractivity contribution in [2.45, 2.75) is 63.2 Å². The maximum Gasteiger partial charge on any atom is 0.261 e. The number of benzene rings is 3. The highest BCUT2D eigenvalue weighted by molar-refractivity contribution is 7.92. The first-order valence-corrected chi connectivity index (χ1v) is 17.7. The van der Waals surface area contributed by atoms with Crippen LogP contribution >= 0.6 is 0 Å². The van der Waals surface area contributed by atoms with Crippen LogP contribution in [-0.4, -0.2) is 93.8 Å². The van der Waals surface area contributed by atoms with Crippen molar-refractivity contribution in [1.29, 1.82) is 0 Å². The van der Waals surface area contributed by atoms with Gasteiger partial charge >= 0.3 is 0 Å². The fourth-order valence-corrected chi connectivity index (χ4v) is 6.62. The Balaban J connectivity index is 1.65. The molecule has 0 bridgehead atoms. The molecule has 0 unspecified atom stereocenters. The molecule has 2 N–H and O–H groups in total. The van der Waals surface area contributed by atoms with Crippen LogP contribution in [0.3, 0.4) is 0 Å². The topological polar surface area (TPSA) is 135 Å². The molecule has 4 rings (SSSR count). The monoisotopic (exact) mass is 681 g/mol. The predicted molar refractivity (Wildman–Crippen MR) is 184 cm³/mol. The van der Waals surface area contributed by atoms with E-state index in [0.717, 1.165) is 12.8 Å². The van der Waals surface area contributed by atoms with Gasteiger partial charge in [0.1, 0.15) is 11.5 Å². The van der Waals surface area contributed by atoms with E-state index in [4.69, 9.17) is 14.2 Å². The van der Waals surface area contributed by atoms with E-state index in [1.54, 1.807) is 60.2 Å². The number of hydrogen-bond acceptors (Lipinski definition) is 8. The summed E-state index contributed by atoms with van der Waals surface area (Å²) in [5, 5.41) is 10.2. The molecule has 260 valence electrons. The number of hydrogen-bond donors (Lipinski definition) is 2. The zero-order valence-corrected chi connectivity index (χ0v) is 29.1. The van der Waals surface area contributed by atoms with Gasteiger partial charge in [-0.25, -0.2) is 8.42 Å². The molecule has 3 aromatic carbocycles. The minimum atomic E-state index is -3.99. The minimum Gasteiger partial charge on any atom is -0.497 e. The van der Waals surface area contributed by atoms with Gasteiger partial charge in [0, 0.05) is 43.9 Å². The third-order valence-corrected chi connectivity index (χ3v) is 9.89. The van der Waals surface area contributed by atoms with Gasteiger partial charge in [-0.2, -0.15) is 0 Å². The van der Waals surface area contributed by atoms with Crippen molar-refractivity contribution in [2.24, 2.45) is 5.92 Å². The van der Waals surface area contributed by atoms with E-state index in [2.05, 4.69) is 4.72 Å². The number of anilines is 1. The highest BCUT2D eigenvalue weighted by Crippen LogP contribution is 2.30. The summed E-state index contributed by atoms with van der Waals surface area (Å²) in [4.78, 5) is 30.8. The predicted octanol–water partition coefficient (Wildman–Crippen LogP) is 5.06. The quantitative estimate of drug-likeness (QED) is 0.320. The van der Waals surface area contributed by atoms with E-state index in [1.807, 2.05) is 32.0 Å². The largest absolute Gasteiger partial charge is 0.497 e. The first-order valence-electron chi connectivity index (χ1n) is 16.2. The normalized spacial score (nSPS) is 20.1. The van der Waals surface area contributed by atoms with Crippen molar-refractivity contribution >= 4 is 27.5 Å². The number of ether oxygens (including phenoxy) is 3. The van der Waals surface area contributed by atoms with Gasteiger partial charge in [0.25, 0.3) is 21.8 Å². The van der Waals surface area contributed by atoms with Crippen LogP contribution in [0.2, 0.25) is 0 Å². The summed E-state index contributed by atoms with van der Waals surface area (Å²) in [6.07, 6.45) is 1.66. The van der Waals surface area contributed by atoms with E-state index in [9.17, 15) is 23.1 Å². The second kappa shape index (κ2) is 16.8. The summed E-state index contributed by atoms with van der Waals surface area (Å²) in [6.45, 7) is 6.31. The average Bonchev–Trinajstić information content (AvgIpc) is 3.09. The van der Waals surface area contributed by atoms with Gasteiger partial charge in [0.15, 0.2) is 0 Å². The molecule has 2 amide bonds. The molecule has 0 aromatic heterocycles. The second-order valence-electron chi connectivity index (χ2n) is 12.3. The lowest BCUT2D eigenvalue weighted by atomic mass is 10.0. The first kappa shape index (κ1) is 36.7. The van der Waals surface area contributed by atoms with E-state index in [1.165, 1.54) is 25.3 Å². The van der Waals surface area contributed by atoms with E-state index in [0.29, 0.717) is 36.6 Å². The van der Waals surface area contributed by atoms with Gasteiger partial charge in [-0.15, -0.1) is 0 Å². The van der Waals surface area contributed by atoms with Crippen LogP contribution in [0.4, 0.5) is 5.69 Å². The van der Waals surface area contributed by atoms with Crippen LogP contribution in [-0.2, 0) is 14.8 Å². The molecule has 3 aromatic rings. The molecule has 1 aliphatic rings. The lowest BCUT2D eigenvalue weighted by Gasteiger charge is -2.36. The number of fused-ring (bicyclic) bond motifs is 1. The zero-order chi connectivity index (χ0) is 34.8. The highest BCUT2D eigenvalue weighted by atomic mass is 32.2. The molecular formula is C36H47N3O8S. The molecule has 0 aliphatic carbocycles. The molecule has 0 saturated carbocycles. The van der Waals surface area contributed by atoms with Gasteiger partial charge < -0.3 is 29.1 Å². The van der Waals surface area contributed by atoms with Crippen LogP contribution in [0.5, 0.6) is 11.5 Å². The number of rotatable bonds is 9. The molecule has 12 heteroatoms. The van der Waals surface area contributed by atoms with Crippen LogP contribution in [0.15, 0.2) is 77.7 Å². The second-order valence-corrected chi connectivity index (χ2v) is 14.0. The Bertz CT molecular complexity index is 1620. The minimum absolute atomic E-state index is 0.0330. The Labute approximate surface area is 283 Å². The van der Waals surface area contributed by atoms with E-state index < -0.39 is 28.1 Å². The van der Waals surface area contributed by atoms with Crippen molar-refractivity contribution in [2.75, 3.05) is 45.2 Å². The van der Waals surface area contributed by atoms with Crippen LogP contribution in [0.25, 0.3) is 0 Å². The SMILES string of the molecule is COc1ccc(S(=O)(=O)Nc2ccc3c(c2)C(=O)N([C@H](C)CO)C[C@H](C)[C@H](CN(C)C(=O)c2ccccc2)OCCCC[C@H](C)O3)cc1. The summed E-state index contributed by atoms with van der Waals surface area (Å²) in [7, 11) is -0.758. The van der Waals surface area contributed by atoms with E-state index >= 15 is 0 Å². The van der Waals surface area contributed by atoms with Crippen molar-refractivity contribution in [3.05, 3.63) is 83.9 Å². The molecule has 1 heterocycles. The van der Waals surface area contributed by atoms with Gasteiger partial charge in [-0.05, 0) is 87.7 Å². The number of sulfonamides is 1. The van der Waals surface area contributed by atoms with Gasteiger partial charge in [-0.1, -0.05) is 25.1 Å². The molecule has 0 fully saturated rings. The number of carbonyl (C=O) groups is 2. The Morgan fingerprint density at radius 3 is 2.46 bits per heavy atom. The average molecular weight is 682 g/mol. The summed E-state index contributed by atoms with van der Waals surface area (Å²) in [6, 6.07) is 19.1. The lowest BCUT2D eigenvalue weighted by Crippen LogP contribution is -2.48. The Kier molecular flexibility index (Phi) is 12.9. The smallest absolute Gasteiger partial charge is 0.261 e. The van der Waals surface area contributed by atoms with Crippen molar-refractivity contribution < 1.29 is 37.3 Å². The maximum absolute atomic E-state index is 14.4. The van der Waals surface area contributed by atoms with Gasteiger partial charge in [0.2, 0.25) is 0 Å². The summed E-state index contributed by atoms with van der Waals surface area (Å²) in [5.41, 5.74) is 0.917. The fraction of sp³-hybridized carbons (Fsp3) is 0.444. The van der Waals surface area contributed by atoms with Crippen LogP contribution in [0.1, 0.15) is 60.7 Å². The third kappa shape index (κ3) is 9.48. The summed E-state index contributed by atoms with van der Waals surface area (Å²) < 4.78 is 46.8. The molecule has 0 spiro atoms. The number of amides is 2. The molecule has 0 saturated heterocycles. The third-order valence-electron chi connectivity index (χ3n) is 8.49. The number of likely N-dealkylation sites (N-methyl/N-ethyl adjacent to an activating group) is 1. The highest BCUT2D eigenvalue weighted by Gasteiger charge is 2.31. The molecule has 11 nitrogen and oxygen atoms in total.